The summed E-state index contributed by atoms with van der Waals surface area (Å²) in [7, 11) is 0. The van der Waals surface area contributed by atoms with E-state index in [4.69, 9.17) is 23.2 Å². The summed E-state index contributed by atoms with van der Waals surface area (Å²) in [5.41, 5.74) is 1.27. The topological polar surface area (TPSA) is 61.8 Å². The Hall–Kier alpha value is -1.54. The molecule has 2 aromatic rings. The molecule has 28 heavy (non-hydrogen) atoms. The van der Waals surface area contributed by atoms with Crippen LogP contribution < -0.4 is 10.2 Å². The lowest BCUT2D eigenvalue weighted by molar-refractivity contribution is -0.121. The molecule has 0 saturated carbocycles. The van der Waals surface area contributed by atoms with Gasteiger partial charge in [0.05, 0.1) is 15.7 Å². The molecule has 1 atom stereocenters. The normalized spacial score (nSPS) is 17.4. The fraction of sp³-hybridized carbons (Fsp3) is 0.211. The van der Waals surface area contributed by atoms with Crippen molar-refractivity contribution in [2.75, 3.05) is 16.8 Å². The van der Waals surface area contributed by atoms with Gasteiger partial charge in [-0.05, 0) is 49.4 Å². The van der Waals surface area contributed by atoms with Crippen LogP contribution in [0.4, 0.5) is 11.4 Å². The standard InChI is InChI=1S/C19H16BrCl2N3O2S/c1-2-23-19(24-12-5-8-14(21)15(22)9-12)28-16-10-17(26)25(18(16)27)13-6-3-11(20)4-7-13/h3-9,16H,2,10H2,1H3,(H,23,24)/t16-/m0/s1. The summed E-state index contributed by atoms with van der Waals surface area (Å²) in [6, 6.07) is 12.2. The fourth-order valence-corrected chi connectivity index (χ4v) is 4.28. The van der Waals surface area contributed by atoms with E-state index in [2.05, 4.69) is 26.2 Å². The number of anilines is 2. The lowest BCUT2D eigenvalue weighted by atomic mass is 10.3. The van der Waals surface area contributed by atoms with Gasteiger partial charge < -0.3 is 5.32 Å². The molecule has 3 rings (SSSR count). The van der Waals surface area contributed by atoms with Crippen molar-refractivity contribution >= 4 is 79.3 Å². The Labute approximate surface area is 185 Å². The molecule has 0 radical (unpaired) electrons. The summed E-state index contributed by atoms with van der Waals surface area (Å²) >= 11 is 16.6. The van der Waals surface area contributed by atoms with Crippen molar-refractivity contribution in [3.63, 3.8) is 0 Å². The minimum atomic E-state index is -0.545. The monoisotopic (exact) mass is 499 g/mol. The second-order valence-corrected chi connectivity index (χ2v) is 8.81. The minimum Gasteiger partial charge on any atom is -0.335 e. The van der Waals surface area contributed by atoms with Crippen LogP contribution >= 0.6 is 50.9 Å². The van der Waals surface area contributed by atoms with E-state index in [1.54, 1.807) is 42.5 Å². The number of benzene rings is 2. The van der Waals surface area contributed by atoms with Crippen LogP contribution in [0.15, 0.2) is 51.9 Å². The summed E-state index contributed by atoms with van der Waals surface area (Å²) in [6.07, 6.45) is 0.116. The summed E-state index contributed by atoms with van der Waals surface area (Å²) in [5.74, 6) is -0.479. The maximum Gasteiger partial charge on any atom is 0.247 e. The molecule has 2 amide bonds. The van der Waals surface area contributed by atoms with Crippen LogP contribution in [0.5, 0.6) is 0 Å². The van der Waals surface area contributed by atoms with Crippen molar-refractivity contribution in [3.05, 3.63) is 57.0 Å². The van der Waals surface area contributed by atoms with Gasteiger partial charge >= 0.3 is 0 Å². The Morgan fingerprint density at radius 1 is 1.21 bits per heavy atom. The second kappa shape index (κ2) is 9.31. The van der Waals surface area contributed by atoms with Crippen molar-refractivity contribution < 1.29 is 9.59 Å². The Bertz CT molecular complexity index is 937. The van der Waals surface area contributed by atoms with E-state index >= 15 is 0 Å². The number of nitrogens with one attached hydrogen (secondary N) is 1. The third-order valence-corrected chi connectivity index (χ3v) is 6.29. The molecule has 0 aromatic heterocycles. The number of thioether (sulfide) groups is 1. The van der Waals surface area contributed by atoms with E-state index in [1.807, 2.05) is 6.92 Å². The predicted molar refractivity (Wildman–Crippen MR) is 121 cm³/mol. The second-order valence-electron chi connectivity index (χ2n) is 5.89. The number of nitrogens with zero attached hydrogens (tertiary/aromatic N) is 2. The first-order chi connectivity index (χ1) is 13.4. The molecular weight excluding hydrogens is 485 g/mol. The van der Waals surface area contributed by atoms with E-state index in [0.29, 0.717) is 33.1 Å². The predicted octanol–water partition coefficient (Wildman–Crippen LogP) is 5.61. The van der Waals surface area contributed by atoms with Crippen molar-refractivity contribution in [1.29, 1.82) is 0 Å². The van der Waals surface area contributed by atoms with Gasteiger partial charge in [0.2, 0.25) is 11.8 Å². The number of hydrogen-bond donors (Lipinski definition) is 1. The van der Waals surface area contributed by atoms with Gasteiger partial charge in [0.15, 0.2) is 5.17 Å². The molecule has 1 fully saturated rings. The fourth-order valence-electron chi connectivity index (χ4n) is 2.64. The molecule has 1 N–H and O–H groups in total. The van der Waals surface area contributed by atoms with Crippen LogP contribution in [0, 0.1) is 0 Å². The molecule has 0 bridgehead atoms. The molecule has 9 heteroatoms. The molecule has 146 valence electrons. The Morgan fingerprint density at radius 3 is 2.57 bits per heavy atom. The number of amidine groups is 1. The van der Waals surface area contributed by atoms with Crippen LogP contribution in [0.25, 0.3) is 0 Å². The van der Waals surface area contributed by atoms with Gasteiger partial charge in [0, 0.05) is 23.1 Å². The highest BCUT2D eigenvalue weighted by molar-refractivity contribution is 9.10. The molecule has 1 heterocycles. The van der Waals surface area contributed by atoms with Crippen LogP contribution in [0.2, 0.25) is 10.0 Å². The summed E-state index contributed by atoms with van der Waals surface area (Å²) in [4.78, 5) is 30.9. The maximum atomic E-state index is 12.8. The van der Waals surface area contributed by atoms with Gasteiger partial charge in [-0.15, -0.1) is 0 Å². The first kappa shape index (κ1) is 21.2. The molecule has 1 aliphatic heterocycles. The van der Waals surface area contributed by atoms with Crippen molar-refractivity contribution in [2.45, 2.75) is 18.6 Å². The molecule has 2 aromatic carbocycles. The van der Waals surface area contributed by atoms with Crippen LogP contribution in [0.1, 0.15) is 13.3 Å². The van der Waals surface area contributed by atoms with Crippen LogP contribution in [0.3, 0.4) is 0 Å². The van der Waals surface area contributed by atoms with Gasteiger partial charge in [-0.1, -0.05) is 50.9 Å². The zero-order chi connectivity index (χ0) is 20.3. The van der Waals surface area contributed by atoms with E-state index < -0.39 is 5.25 Å². The largest absolute Gasteiger partial charge is 0.335 e. The third kappa shape index (κ3) is 4.89. The lowest BCUT2D eigenvalue weighted by Crippen LogP contribution is -2.31. The summed E-state index contributed by atoms with van der Waals surface area (Å²) in [5, 5.41) is 4.03. The highest BCUT2D eigenvalue weighted by Crippen LogP contribution is 2.32. The van der Waals surface area contributed by atoms with E-state index in [0.717, 1.165) is 4.47 Å². The van der Waals surface area contributed by atoms with Crippen molar-refractivity contribution in [2.24, 2.45) is 4.99 Å². The summed E-state index contributed by atoms with van der Waals surface area (Å²) in [6.45, 7) is 2.43. The van der Waals surface area contributed by atoms with Gasteiger partial charge in [0.1, 0.15) is 5.25 Å². The minimum absolute atomic E-state index is 0.116. The smallest absolute Gasteiger partial charge is 0.247 e. The number of amides is 2. The molecule has 1 aliphatic rings. The van der Waals surface area contributed by atoms with Gasteiger partial charge in [-0.25, -0.2) is 4.90 Å². The number of imide groups is 1. The maximum absolute atomic E-state index is 12.8. The number of carbonyl (C=O) groups excluding carboxylic acids is 2. The van der Waals surface area contributed by atoms with Crippen molar-refractivity contribution in [3.8, 4) is 0 Å². The van der Waals surface area contributed by atoms with Gasteiger partial charge in [0.25, 0.3) is 0 Å². The molecule has 0 unspecified atom stereocenters. The van der Waals surface area contributed by atoms with E-state index in [-0.39, 0.29) is 18.2 Å². The molecular formula is C19H16BrCl2N3O2S. The molecule has 0 spiro atoms. The Morgan fingerprint density at radius 2 is 1.93 bits per heavy atom. The van der Waals surface area contributed by atoms with Crippen molar-refractivity contribution in [1.82, 2.24) is 0 Å². The highest BCUT2D eigenvalue weighted by Gasteiger charge is 2.40. The Balaban J connectivity index is 1.75. The first-order valence-corrected chi connectivity index (χ1v) is 10.9. The third-order valence-electron chi connectivity index (χ3n) is 3.92. The van der Waals surface area contributed by atoms with Gasteiger partial charge in [-0.2, -0.15) is 0 Å². The lowest BCUT2D eigenvalue weighted by Gasteiger charge is -2.16. The quantitative estimate of drug-likeness (QED) is 0.336. The molecule has 0 aliphatic carbocycles. The average Bonchev–Trinajstić information content (AvgIpc) is 2.93. The average molecular weight is 501 g/mol. The van der Waals surface area contributed by atoms with Crippen LogP contribution in [-0.2, 0) is 9.59 Å². The summed E-state index contributed by atoms with van der Waals surface area (Å²) < 4.78 is 0.879. The zero-order valence-electron chi connectivity index (χ0n) is 14.8. The number of carbonyl (C=O) groups is 2. The number of rotatable bonds is 4. The number of hydrogen-bond acceptors (Lipinski definition) is 4. The highest BCUT2D eigenvalue weighted by atomic mass is 79.9. The molecule has 1 saturated heterocycles. The van der Waals surface area contributed by atoms with Crippen LogP contribution in [-0.4, -0.2) is 28.8 Å². The van der Waals surface area contributed by atoms with Gasteiger partial charge in [-0.3, -0.25) is 14.6 Å². The number of aliphatic imine (C=N–C) groups is 1. The van der Waals surface area contributed by atoms with E-state index in [9.17, 15) is 9.59 Å². The first-order valence-electron chi connectivity index (χ1n) is 8.44. The zero-order valence-corrected chi connectivity index (χ0v) is 18.7. The Kier molecular flexibility index (Phi) is 7.04. The SMILES string of the molecule is CCN=C(Nc1ccc(Cl)c(Cl)c1)S[C@H]1CC(=O)N(c2ccc(Br)cc2)C1=O. The molecule has 5 nitrogen and oxygen atoms in total. The number of halogens is 3. The van der Waals surface area contributed by atoms with E-state index in [1.165, 1.54) is 16.7 Å².